The molecule has 7 nitrogen and oxygen atoms in total. The summed E-state index contributed by atoms with van der Waals surface area (Å²) in [7, 11) is 0. The average Bonchev–Trinajstić information content (AvgIpc) is 2.98. The Balaban J connectivity index is 2.51. The van der Waals surface area contributed by atoms with Gasteiger partial charge in [0.1, 0.15) is 23.0 Å². The number of aliphatic hydroxyl groups excluding tert-OH is 1. The Kier molecular flexibility index (Phi) is 7.12. The van der Waals surface area contributed by atoms with Gasteiger partial charge in [-0.1, -0.05) is 37.6 Å². The van der Waals surface area contributed by atoms with E-state index in [0.29, 0.717) is 17.9 Å². The maximum atomic E-state index is 9.23. The van der Waals surface area contributed by atoms with Crippen LogP contribution in [0.4, 0.5) is 0 Å². The van der Waals surface area contributed by atoms with Gasteiger partial charge in [0.05, 0.1) is 12.7 Å². The van der Waals surface area contributed by atoms with E-state index in [4.69, 9.17) is 21.3 Å². The van der Waals surface area contributed by atoms with Crippen LogP contribution in [0.1, 0.15) is 62.0 Å². The van der Waals surface area contributed by atoms with Crippen molar-refractivity contribution in [3.8, 4) is 0 Å². The summed E-state index contributed by atoms with van der Waals surface area (Å²) in [5.74, 6) is 0.590. The molecule has 0 bridgehead atoms. The predicted octanol–water partition coefficient (Wildman–Crippen LogP) is 2.80. The van der Waals surface area contributed by atoms with Crippen molar-refractivity contribution in [1.29, 1.82) is 10.8 Å². The highest BCUT2D eigenvalue weighted by Crippen LogP contribution is 2.19. The van der Waals surface area contributed by atoms with Gasteiger partial charge in [0.2, 0.25) is 5.90 Å². The summed E-state index contributed by atoms with van der Waals surface area (Å²) in [4.78, 5) is 4.56. The molecule has 2 aromatic rings. The van der Waals surface area contributed by atoms with Crippen LogP contribution in [-0.4, -0.2) is 32.5 Å². The molecule has 0 saturated heterocycles. The number of ether oxygens (including phenoxy) is 1. The number of unbranched alkanes of at least 4 members (excludes halogenated alkanes) is 1. The predicted molar refractivity (Wildman–Crippen MR) is 106 cm³/mol. The molecule has 146 valence electrons. The fraction of sp³-hybridized carbons (Fsp3) is 0.450. The highest BCUT2D eigenvalue weighted by molar-refractivity contribution is 6.04. The van der Waals surface area contributed by atoms with E-state index >= 15 is 0 Å². The SMILES string of the molecule is CCCCc1nc(C(=N)N)c(C(=N)OC(C)C)n1Cc1ccc(CO)cc1. The van der Waals surface area contributed by atoms with E-state index in [2.05, 4.69) is 11.9 Å². The molecule has 0 amide bonds. The zero-order chi connectivity index (χ0) is 20.0. The number of aromatic nitrogens is 2. The van der Waals surface area contributed by atoms with Crippen molar-refractivity contribution in [2.75, 3.05) is 0 Å². The third-order valence-corrected chi connectivity index (χ3v) is 4.17. The lowest BCUT2D eigenvalue weighted by atomic mass is 10.1. The van der Waals surface area contributed by atoms with Gasteiger partial charge in [0.25, 0.3) is 0 Å². The summed E-state index contributed by atoms with van der Waals surface area (Å²) in [6.45, 7) is 6.31. The fourth-order valence-corrected chi connectivity index (χ4v) is 2.84. The van der Waals surface area contributed by atoms with Gasteiger partial charge in [-0.25, -0.2) is 4.98 Å². The molecule has 2 rings (SSSR count). The first-order valence-corrected chi connectivity index (χ1v) is 9.25. The monoisotopic (exact) mass is 371 g/mol. The number of nitrogens with zero attached hydrogens (tertiary/aromatic N) is 2. The zero-order valence-electron chi connectivity index (χ0n) is 16.2. The van der Waals surface area contributed by atoms with E-state index in [0.717, 1.165) is 36.2 Å². The van der Waals surface area contributed by atoms with Gasteiger partial charge in [-0.2, -0.15) is 0 Å². The van der Waals surface area contributed by atoms with Crippen LogP contribution in [0.2, 0.25) is 0 Å². The lowest BCUT2D eigenvalue weighted by Crippen LogP contribution is -2.22. The van der Waals surface area contributed by atoms with E-state index in [1.165, 1.54) is 0 Å². The number of hydrogen-bond donors (Lipinski definition) is 4. The topological polar surface area (TPSA) is 121 Å². The number of hydrogen-bond acceptors (Lipinski definition) is 5. The average molecular weight is 371 g/mol. The third kappa shape index (κ3) is 5.17. The Morgan fingerprint density at radius 2 is 1.85 bits per heavy atom. The van der Waals surface area contributed by atoms with Crippen molar-refractivity contribution in [2.24, 2.45) is 5.73 Å². The minimum absolute atomic E-state index is 0.000283. The summed E-state index contributed by atoms with van der Waals surface area (Å²) in [6.07, 6.45) is 2.54. The van der Waals surface area contributed by atoms with Crippen LogP contribution in [0.3, 0.4) is 0 Å². The van der Waals surface area contributed by atoms with E-state index in [1.54, 1.807) is 0 Å². The van der Waals surface area contributed by atoms with Crippen LogP contribution >= 0.6 is 0 Å². The first kappa shape index (κ1) is 20.6. The molecule has 0 fully saturated rings. The Morgan fingerprint density at radius 1 is 1.22 bits per heavy atom. The molecular formula is C20H29N5O2. The Hall–Kier alpha value is -2.67. The number of nitrogen functional groups attached to an aromatic ring is 1. The minimum atomic E-state index is -0.172. The van der Waals surface area contributed by atoms with Gasteiger partial charge in [-0.3, -0.25) is 10.8 Å². The van der Waals surface area contributed by atoms with Crippen molar-refractivity contribution in [1.82, 2.24) is 9.55 Å². The van der Waals surface area contributed by atoms with Gasteiger partial charge < -0.3 is 20.1 Å². The highest BCUT2D eigenvalue weighted by atomic mass is 16.5. The van der Waals surface area contributed by atoms with Crippen LogP contribution in [0.15, 0.2) is 24.3 Å². The number of aliphatic hydroxyl groups is 1. The molecule has 0 aliphatic rings. The van der Waals surface area contributed by atoms with Crippen molar-refractivity contribution < 1.29 is 9.84 Å². The Bertz CT molecular complexity index is 793. The van der Waals surface area contributed by atoms with E-state index in [9.17, 15) is 5.11 Å². The van der Waals surface area contributed by atoms with Crippen LogP contribution in [-0.2, 0) is 24.3 Å². The maximum absolute atomic E-state index is 9.23. The number of aryl methyl sites for hydroxylation is 1. The molecule has 0 spiro atoms. The summed E-state index contributed by atoms with van der Waals surface area (Å²) in [5, 5.41) is 25.5. The molecular weight excluding hydrogens is 342 g/mol. The van der Waals surface area contributed by atoms with Crippen LogP contribution in [0.25, 0.3) is 0 Å². The number of benzene rings is 1. The van der Waals surface area contributed by atoms with Crippen molar-refractivity contribution in [2.45, 2.75) is 59.3 Å². The smallest absolute Gasteiger partial charge is 0.233 e. The summed E-state index contributed by atoms with van der Waals surface area (Å²) in [6, 6.07) is 7.64. The van der Waals surface area contributed by atoms with E-state index in [-0.39, 0.29) is 24.4 Å². The highest BCUT2D eigenvalue weighted by Gasteiger charge is 2.24. The van der Waals surface area contributed by atoms with Gasteiger partial charge in [-0.15, -0.1) is 0 Å². The molecule has 0 saturated carbocycles. The number of nitrogens with one attached hydrogen (secondary N) is 2. The molecule has 27 heavy (non-hydrogen) atoms. The molecule has 0 unspecified atom stereocenters. The quantitative estimate of drug-likeness (QED) is 0.400. The van der Waals surface area contributed by atoms with Gasteiger partial charge in [0, 0.05) is 13.0 Å². The van der Waals surface area contributed by atoms with Gasteiger partial charge in [-0.05, 0) is 31.4 Å². The van der Waals surface area contributed by atoms with Gasteiger partial charge >= 0.3 is 0 Å². The number of amidine groups is 1. The molecule has 1 heterocycles. The number of nitrogens with two attached hydrogens (primary N) is 1. The van der Waals surface area contributed by atoms with E-state index < -0.39 is 0 Å². The second kappa shape index (κ2) is 9.32. The summed E-state index contributed by atoms with van der Waals surface area (Å²) >= 11 is 0. The lowest BCUT2D eigenvalue weighted by molar-refractivity contribution is 0.226. The first-order chi connectivity index (χ1) is 12.9. The molecule has 7 heteroatoms. The third-order valence-electron chi connectivity index (χ3n) is 4.17. The molecule has 0 aliphatic carbocycles. The largest absolute Gasteiger partial charge is 0.474 e. The van der Waals surface area contributed by atoms with Crippen LogP contribution in [0.5, 0.6) is 0 Å². The maximum Gasteiger partial charge on any atom is 0.233 e. The van der Waals surface area contributed by atoms with Crippen LogP contribution < -0.4 is 5.73 Å². The minimum Gasteiger partial charge on any atom is -0.474 e. The fourth-order valence-electron chi connectivity index (χ4n) is 2.84. The number of imidazole rings is 1. The summed E-state index contributed by atoms with van der Waals surface area (Å²) in [5.41, 5.74) is 8.34. The second-order valence-corrected chi connectivity index (χ2v) is 6.80. The zero-order valence-corrected chi connectivity index (χ0v) is 16.2. The molecule has 1 aromatic carbocycles. The Labute approximate surface area is 160 Å². The Morgan fingerprint density at radius 3 is 2.37 bits per heavy atom. The standard InChI is InChI=1S/C20H29N5O2/c1-4-5-6-16-24-17(19(21)22)18(20(23)27-13(2)3)25(16)11-14-7-9-15(12-26)10-8-14/h7-10,13,23,26H,4-6,11-12H2,1-3H3,(H3,21,22). The lowest BCUT2D eigenvalue weighted by Gasteiger charge is -2.16. The second-order valence-electron chi connectivity index (χ2n) is 6.80. The van der Waals surface area contributed by atoms with Crippen molar-refractivity contribution >= 4 is 11.7 Å². The number of rotatable bonds is 9. The van der Waals surface area contributed by atoms with Crippen molar-refractivity contribution in [3.05, 3.63) is 52.6 Å². The molecule has 1 aromatic heterocycles. The normalized spacial score (nSPS) is 11.0. The van der Waals surface area contributed by atoms with E-state index in [1.807, 2.05) is 42.7 Å². The molecule has 0 radical (unpaired) electrons. The summed E-state index contributed by atoms with van der Waals surface area (Å²) < 4.78 is 7.52. The molecule has 0 atom stereocenters. The van der Waals surface area contributed by atoms with Crippen molar-refractivity contribution in [3.63, 3.8) is 0 Å². The molecule has 0 aliphatic heterocycles. The first-order valence-electron chi connectivity index (χ1n) is 9.25. The molecule has 5 N–H and O–H groups in total. The van der Waals surface area contributed by atoms with Crippen LogP contribution in [0, 0.1) is 10.8 Å². The van der Waals surface area contributed by atoms with Gasteiger partial charge in [0.15, 0.2) is 0 Å².